The van der Waals surface area contributed by atoms with Crippen molar-refractivity contribution in [3.05, 3.63) is 17.5 Å². The number of guanidine groups is 1. The lowest BCUT2D eigenvalue weighted by Crippen LogP contribution is -2.38. The molecule has 0 radical (unpaired) electrons. The number of ether oxygens (including phenoxy) is 1. The Kier molecular flexibility index (Phi) is 15.1. The number of hydrogen-bond acceptors (Lipinski definition) is 3. The van der Waals surface area contributed by atoms with E-state index in [2.05, 4.69) is 46.6 Å². The minimum atomic E-state index is 0. The van der Waals surface area contributed by atoms with E-state index in [1.165, 1.54) is 12.0 Å². The second-order valence-electron chi connectivity index (χ2n) is 5.63. The molecule has 0 spiro atoms. The van der Waals surface area contributed by atoms with Crippen molar-refractivity contribution in [3.8, 4) is 0 Å². The van der Waals surface area contributed by atoms with Crippen LogP contribution >= 0.6 is 24.0 Å². The Morgan fingerprint density at radius 3 is 2.67 bits per heavy atom. The van der Waals surface area contributed by atoms with E-state index in [9.17, 15) is 0 Å². The molecule has 0 bridgehead atoms. The summed E-state index contributed by atoms with van der Waals surface area (Å²) in [5.41, 5.74) is 2.43. The number of aliphatic imine (C=N–C) groups is 1. The molecule has 0 saturated carbocycles. The lowest BCUT2D eigenvalue weighted by Gasteiger charge is -2.11. The first kappa shape index (κ1) is 23.2. The number of aromatic amines is 1. The third-order valence-electron chi connectivity index (χ3n) is 3.55. The maximum atomic E-state index is 5.56. The van der Waals surface area contributed by atoms with Crippen LogP contribution in [-0.2, 0) is 11.2 Å². The maximum absolute atomic E-state index is 5.56. The molecule has 0 fully saturated rings. The van der Waals surface area contributed by atoms with Crippen molar-refractivity contribution >= 4 is 29.9 Å². The van der Waals surface area contributed by atoms with Crippen molar-refractivity contribution in [1.29, 1.82) is 0 Å². The van der Waals surface area contributed by atoms with Crippen LogP contribution in [0.5, 0.6) is 0 Å². The predicted octanol–water partition coefficient (Wildman–Crippen LogP) is 3.03. The van der Waals surface area contributed by atoms with Gasteiger partial charge in [0.2, 0.25) is 0 Å². The number of H-pyrrole nitrogens is 1. The van der Waals surface area contributed by atoms with E-state index >= 15 is 0 Å². The number of hydrogen-bond donors (Lipinski definition) is 3. The Balaban J connectivity index is 0.00000529. The smallest absolute Gasteiger partial charge is 0.191 e. The molecule has 0 unspecified atom stereocenters. The molecule has 0 aliphatic carbocycles. The maximum Gasteiger partial charge on any atom is 0.191 e. The molecular formula is C17H34IN5O. The second-order valence-corrected chi connectivity index (χ2v) is 5.63. The average molecular weight is 451 g/mol. The van der Waals surface area contributed by atoms with Crippen molar-refractivity contribution in [2.24, 2.45) is 4.99 Å². The quantitative estimate of drug-likeness (QED) is 0.198. The van der Waals surface area contributed by atoms with E-state index < -0.39 is 0 Å². The molecule has 1 aromatic rings. The third-order valence-corrected chi connectivity index (χ3v) is 3.55. The molecule has 0 atom stereocenters. The summed E-state index contributed by atoms with van der Waals surface area (Å²) in [6.07, 6.45) is 7.28. The zero-order chi connectivity index (χ0) is 16.8. The van der Waals surface area contributed by atoms with E-state index in [0.717, 1.165) is 70.2 Å². The number of nitrogens with one attached hydrogen (secondary N) is 3. The minimum absolute atomic E-state index is 0. The molecule has 0 aromatic carbocycles. The highest BCUT2D eigenvalue weighted by molar-refractivity contribution is 14.0. The van der Waals surface area contributed by atoms with Crippen LogP contribution in [0.25, 0.3) is 0 Å². The van der Waals surface area contributed by atoms with Gasteiger partial charge in [-0.2, -0.15) is 5.10 Å². The van der Waals surface area contributed by atoms with Crippen LogP contribution < -0.4 is 10.6 Å². The lowest BCUT2D eigenvalue weighted by atomic mass is 10.1. The summed E-state index contributed by atoms with van der Waals surface area (Å²) in [6.45, 7) is 10.6. The largest absolute Gasteiger partial charge is 0.381 e. The fourth-order valence-electron chi connectivity index (χ4n) is 2.16. The fourth-order valence-corrected chi connectivity index (χ4v) is 2.16. The molecule has 0 saturated heterocycles. The van der Waals surface area contributed by atoms with Crippen LogP contribution in [0.2, 0.25) is 0 Å². The summed E-state index contributed by atoms with van der Waals surface area (Å²) in [4.78, 5) is 4.61. The molecule has 3 N–H and O–H groups in total. The van der Waals surface area contributed by atoms with Gasteiger partial charge in [-0.15, -0.1) is 24.0 Å². The highest BCUT2D eigenvalue weighted by atomic mass is 127. The van der Waals surface area contributed by atoms with Crippen molar-refractivity contribution in [1.82, 2.24) is 20.8 Å². The second kappa shape index (κ2) is 15.7. The number of aromatic nitrogens is 2. The monoisotopic (exact) mass is 451 g/mol. The summed E-state index contributed by atoms with van der Waals surface area (Å²) >= 11 is 0. The van der Waals surface area contributed by atoms with Gasteiger partial charge in [0.15, 0.2) is 5.96 Å². The van der Waals surface area contributed by atoms with Crippen LogP contribution in [0.1, 0.15) is 50.8 Å². The Morgan fingerprint density at radius 2 is 2.00 bits per heavy atom. The first-order valence-corrected chi connectivity index (χ1v) is 8.86. The molecule has 1 aromatic heterocycles. The summed E-state index contributed by atoms with van der Waals surface area (Å²) in [6, 6.07) is 0. The Labute approximate surface area is 163 Å². The molecule has 24 heavy (non-hydrogen) atoms. The SMILES string of the molecule is CCCCOCCCNC(=NCCCc1cn[nH]c1C)NCC.I. The molecule has 6 nitrogen and oxygen atoms in total. The Morgan fingerprint density at radius 1 is 1.21 bits per heavy atom. The van der Waals surface area contributed by atoms with Crippen molar-refractivity contribution < 1.29 is 4.74 Å². The molecule has 1 rings (SSSR count). The summed E-state index contributed by atoms with van der Waals surface area (Å²) in [5, 5.41) is 13.6. The Hall–Kier alpha value is -0.830. The van der Waals surface area contributed by atoms with Gasteiger partial charge < -0.3 is 15.4 Å². The van der Waals surface area contributed by atoms with E-state index in [4.69, 9.17) is 4.74 Å². The van der Waals surface area contributed by atoms with Crippen molar-refractivity contribution in [2.45, 2.75) is 52.9 Å². The molecule has 1 heterocycles. The van der Waals surface area contributed by atoms with Crippen LogP contribution in [0.15, 0.2) is 11.2 Å². The first-order chi connectivity index (χ1) is 11.3. The standard InChI is InChI=1S/C17H33N5O.HI/c1-4-6-12-23-13-8-11-20-17(18-5-2)19-10-7-9-16-14-21-22-15(16)3;/h14H,4-13H2,1-3H3,(H,21,22)(H2,18,19,20);1H. The Bertz CT molecular complexity index is 436. The summed E-state index contributed by atoms with van der Waals surface area (Å²) < 4.78 is 5.56. The van der Waals surface area contributed by atoms with Gasteiger partial charge in [0.1, 0.15) is 0 Å². The van der Waals surface area contributed by atoms with Crippen LogP contribution in [-0.4, -0.2) is 49.0 Å². The molecule has 0 amide bonds. The van der Waals surface area contributed by atoms with Crippen LogP contribution in [0, 0.1) is 6.92 Å². The van der Waals surface area contributed by atoms with Gasteiger partial charge in [0.25, 0.3) is 0 Å². The molecule has 7 heteroatoms. The molecule has 0 aliphatic rings. The number of halogens is 1. The lowest BCUT2D eigenvalue weighted by molar-refractivity contribution is 0.129. The van der Waals surface area contributed by atoms with Gasteiger partial charge in [-0.1, -0.05) is 13.3 Å². The van der Waals surface area contributed by atoms with Crippen LogP contribution in [0.4, 0.5) is 0 Å². The van der Waals surface area contributed by atoms with Gasteiger partial charge >= 0.3 is 0 Å². The minimum Gasteiger partial charge on any atom is -0.381 e. The molecule has 0 aliphatic heterocycles. The average Bonchev–Trinajstić information content (AvgIpc) is 2.95. The zero-order valence-corrected chi connectivity index (χ0v) is 17.7. The molecule has 140 valence electrons. The fraction of sp³-hybridized carbons (Fsp3) is 0.765. The summed E-state index contributed by atoms with van der Waals surface area (Å²) in [5.74, 6) is 0.893. The topological polar surface area (TPSA) is 74.3 Å². The van der Waals surface area contributed by atoms with Gasteiger partial charge in [-0.25, -0.2) is 0 Å². The number of aryl methyl sites for hydroxylation is 2. The van der Waals surface area contributed by atoms with Gasteiger partial charge in [-0.3, -0.25) is 10.1 Å². The van der Waals surface area contributed by atoms with Crippen LogP contribution in [0.3, 0.4) is 0 Å². The number of nitrogens with zero attached hydrogens (tertiary/aromatic N) is 2. The van der Waals surface area contributed by atoms with Crippen molar-refractivity contribution in [2.75, 3.05) is 32.8 Å². The van der Waals surface area contributed by atoms with E-state index in [0.29, 0.717) is 0 Å². The highest BCUT2D eigenvalue weighted by Crippen LogP contribution is 2.05. The number of unbranched alkanes of at least 4 members (excludes halogenated alkanes) is 1. The predicted molar refractivity (Wildman–Crippen MR) is 111 cm³/mol. The number of rotatable bonds is 12. The van der Waals surface area contributed by atoms with Gasteiger partial charge in [-0.05, 0) is 45.1 Å². The summed E-state index contributed by atoms with van der Waals surface area (Å²) in [7, 11) is 0. The molecular weight excluding hydrogens is 417 g/mol. The first-order valence-electron chi connectivity index (χ1n) is 8.86. The van der Waals surface area contributed by atoms with E-state index in [1.807, 2.05) is 6.20 Å². The van der Waals surface area contributed by atoms with Gasteiger partial charge in [0.05, 0.1) is 6.20 Å². The van der Waals surface area contributed by atoms with E-state index in [-0.39, 0.29) is 24.0 Å². The van der Waals surface area contributed by atoms with Crippen molar-refractivity contribution in [3.63, 3.8) is 0 Å². The zero-order valence-electron chi connectivity index (χ0n) is 15.4. The van der Waals surface area contributed by atoms with Gasteiger partial charge in [0, 0.05) is 38.5 Å². The highest BCUT2D eigenvalue weighted by Gasteiger charge is 2.00. The van der Waals surface area contributed by atoms with E-state index in [1.54, 1.807) is 0 Å². The third kappa shape index (κ3) is 10.9. The normalized spacial score (nSPS) is 11.2.